The van der Waals surface area contributed by atoms with Crippen LogP contribution in [0.4, 0.5) is 0 Å². The van der Waals surface area contributed by atoms with Crippen molar-refractivity contribution in [3.05, 3.63) is 29.3 Å². The number of rotatable bonds is 4. The van der Waals surface area contributed by atoms with Crippen LogP contribution in [0.3, 0.4) is 0 Å². The number of hydrogen-bond donors (Lipinski definition) is 0. The zero-order chi connectivity index (χ0) is 14.7. The van der Waals surface area contributed by atoms with Gasteiger partial charge in [-0.05, 0) is 25.0 Å². The molecule has 1 aliphatic heterocycles. The third-order valence-electron chi connectivity index (χ3n) is 3.30. The third-order valence-corrected chi connectivity index (χ3v) is 3.63. The van der Waals surface area contributed by atoms with E-state index in [-0.39, 0.29) is 18.6 Å². The van der Waals surface area contributed by atoms with Gasteiger partial charge in [0.15, 0.2) is 6.61 Å². The standard InChI is InChI=1S/C14H14ClN3O3/c15-11-6-2-1-5-10(11)13-16-14(21-17-13)20-9-12(19)18-7-3-4-8-18/h1-2,5-6H,3-4,7-9H2. The molecule has 2 heterocycles. The average Bonchev–Trinajstić information content (AvgIpc) is 3.17. The van der Waals surface area contributed by atoms with Gasteiger partial charge in [-0.25, -0.2) is 0 Å². The highest BCUT2D eigenvalue weighted by atomic mass is 35.5. The average molecular weight is 308 g/mol. The summed E-state index contributed by atoms with van der Waals surface area (Å²) in [5, 5.41) is 4.33. The van der Waals surface area contributed by atoms with Gasteiger partial charge in [0.1, 0.15) is 0 Å². The summed E-state index contributed by atoms with van der Waals surface area (Å²) in [7, 11) is 0. The van der Waals surface area contributed by atoms with Crippen LogP contribution in [0.2, 0.25) is 5.02 Å². The highest BCUT2D eigenvalue weighted by Gasteiger charge is 2.19. The van der Waals surface area contributed by atoms with Crippen molar-refractivity contribution in [2.45, 2.75) is 12.8 Å². The van der Waals surface area contributed by atoms with E-state index in [9.17, 15) is 4.79 Å². The van der Waals surface area contributed by atoms with Crippen molar-refractivity contribution in [2.24, 2.45) is 0 Å². The minimum absolute atomic E-state index is 0.0301. The van der Waals surface area contributed by atoms with E-state index in [0.29, 0.717) is 16.4 Å². The Bertz CT molecular complexity index is 638. The van der Waals surface area contributed by atoms with Gasteiger partial charge in [0.25, 0.3) is 5.91 Å². The van der Waals surface area contributed by atoms with Crippen molar-refractivity contribution < 1.29 is 14.1 Å². The number of carbonyl (C=O) groups excluding carboxylic acids is 1. The number of amides is 1. The van der Waals surface area contributed by atoms with Crippen molar-refractivity contribution in [1.29, 1.82) is 0 Å². The molecular weight excluding hydrogens is 294 g/mol. The summed E-state index contributed by atoms with van der Waals surface area (Å²) in [5.41, 5.74) is 0.656. The summed E-state index contributed by atoms with van der Waals surface area (Å²) in [5.74, 6) is 0.272. The molecule has 1 aromatic heterocycles. The number of ether oxygens (including phenoxy) is 1. The molecule has 0 N–H and O–H groups in total. The van der Waals surface area contributed by atoms with Crippen LogP contribution < -0.4 is 4.74 Å². The Morgan fingerprint density at radius 1 is 1.33 bits per heavy atom. The Kier molecular flexibility index (Phi) is 4.06. The number of halogens is 1. The number of hydrogen-bond acceptors (Lipinski definition) is 5. The quantitative estimate of drug-likeness (QED) is 0.867. The number of benzene rings is 1. The molecule has 6 nitrogen and oxygen atoms in total. The summed E-state index contributed by atoms with van der Waals surface area (Å²) in [6, 6.07) is 7.17. The Morgan fingerprint density at radius 2 is 2.10 bits per heavy atom. The topological polar surface area (TPSA) is 68.5 Å². The molecule has 1 aromatic carbocycles. The summed E-state index contributed by atoms with van der Waals surface area (Å²) < 4.78 is 10.2. The zero-order valence-corrected chi connectivity index (χ0v) is 12.0. The SMILES string of the molecule is O=C(COc1nc(-c2ccccc2Cl)no1)N1CCCC1. The molecular formula is C14H14ClN3O3. The van der Waals surface area contributed by atoms with Gasteiger partial charge in [0, 0.05) is 18.7 Å². The normalized spacial score (nSPS) is 14.4. The maximum absolute atomic E-state index is 11.8. The Labute approximate surface area is 126 Å². The van der Waals surface area contributed by atoms with Gasteiger partial charge in [-0.3, -0.25) is 9.32 Å². The van der Waals surface area contributed by atoms with Crippen molar-refractivity contribution in [3.8, 4) is 17.5 Å². The number of carbonyl (C=O) groups is 1. The molecule has 0 bridgehead atoms. The van der Waals surface area contributed by atoms with Gasteiger partial charge in [0.05, 0.1) is 5.02 Å². The molecule has 1 fully saturated rings. The van der Waals surface area contributed by atoms with E-state index < -0.39 is 0 Å². The van der Waals surface area contributed by atoms with E-state index >= 15 is 0 Å². The summed E-state index contributed by atoms with van der Waals surface area (Å²) in [6.45, 7) is 1.48. The molecule has 0 saturated carbocycles. The fraction of sp³-hybridized carbons (Fsp3) is 0.357. The first-order valence-corrected chi connectivity index (χ1v) is 7.11. The first-order valence-electron chi connectivity index (χ1n) is 6.73. The number of aromatic nitrogens is 2. The van der Waals surface area contributed by atoms with Gasteiger partial charge < -0.3 is 9.64 Å². The molecule has 110 valence electrons. The lowest BCUT2D eigenvalue weighted by atomic mass is 10.2. The van der Waals surface area contributed by atoms with Gasteiger partial charge in [-0.1, -0.05) is 28.9 Å². The molecule has 0 aliphatic carbocycles. The summed E-state index contributed by atoms with van der Waals surface area (Å²) >= 11 is 6.06. The molecule has 0 atom stereocenters. The second-order valence-corrected chi connectivity index (χ2v) is 5.15. The molecule has 0 spiro atoms. The fourth-order valence-electron chi connectivity index (χ4n) is 2.20. The van der Waals surface area contributed by atoms with E-state index in [1.807, 2.05) is 12.1 Å². The monoisotopic (exact) mass is 307 g/mol. The van der Waals surface area contributed by atoms with Crippen LogP contribution in [0.25, 0.3) is 11.4 Å². The Morgan fingerprint density at radius 3 is 2.86 bits per heavy atom. The largest absolute Gasteiger partial charge is 0.439 e. The van der Waals surface area contributed by atoms with Crippen molar-refractivity contribution in [1.82, 2.24) is 15.0 Å². The molecule has 0 unspecified atom stereocenters. The molecule has 2 aromatic rings. The lowest BCUT2D eigenvalue weighted by Crippen LogP contribution is -2.32. The van der Waals surface area contributed by atoms with Crippen molar-refractivity contribution in [3.63, 3.8) is 0 Å². The van der Waals surface area contributed by atoms with Gasteiger partial charge in [-0.15, -0.1) is 0 Å². The van der Waals surface area contributed by atoms with Gasteiger partial charge in [-0.2, -0.15) is 4.98 Å². The lowest BCUT2D eigenvalue weighted by Gasteiger charge is -2.13. The fourth-order valence-corrected chi connectivity index (χ4v) is 2.42. The smallest absolute Gasteiger partial charge is 0.418 e. The predicted molar refractivity (Wildman–Crippen MR) is 76.1 cm³/mol. The third kappa shape index (κ3) is 3.16. The van der Waals surface area contributed by atoms with Gasteiger partial charge in [0.2, 0.25) is 5.82 Å². The molecule has 1 amide bonds. The van der Waals surface area contributed by atoms with E-state index in [1.54, 1.807) is 17.0 Å². The highest BCUT2D eigenvalue weighted by molar-refractivity contribution is 6.33. The van der Waals surface area contributed by atoms with E-state index in [2.05, 4.69) is 10.1 Å². The molecule has 0 radical (unpaired) electrons. The lowest BCUT2D eigenvalue weighted by molar-refractivity contribution is -0.132. The Hall–Kier alpha value is -2.08. The second kappa shape index (κ2) is 6.13. The van der Waals surface area contributed by atoms with Crippen LogP contribution in [-0.2, 0) is 4.79 Å². The highest BCUT2D eigenvalue weighted by Crippen LogP contribution is 2.26. The van der Waals surface area contributed by atoms with Gasteiger partial charge >= 0.3 is 6.08 Å². The Balaban J connectivity index is 1.63. The van der Waals surface area contributed by atoms with Crippen LogP contribution in [0.1, 0.15) is 12.8 Å². The predicted octanol–water partition coefficient (Wildman–Crippen LogP) is 2.39. The first-order chi connectivity index (χ1) is 10.2. The van der Waals surface area contributed by atoms with Crippen LogP contribution in [0, 0.1) is 0 Å². The minimum atomic E-state index is -0.0931. The van der Waals surface area contributed by atoms with Crippen LogP contribution >= 0.6 is 11.6 Å². The van der Waals surface area contributed by atoms with E-state index in [1.165, 1.54) is 0 Å². The minimum Gasteiger partial charge on any atom is -0.439 e. The zero-order valence-electron chi connectivity index (χ0n) is 11.3. The van der Waals surface area contributed by atoms with Crippen molar-refractivity contribution in [2.75, 3.05) is 19.7 Å². The molecule has 7 heteroatoms. The molecule has 1 aliphatic rings. The maximum atomic E-state index is 11.8. The van der Waals surface area contributed by atoms with E-state index in [4.69, 9.17) is 20.9 Å². The van der Waals surface area contributed by atoms with Crippen LogP contribution in [0.15, 0.2) is 28.8 Å². The van der Waals surface area contributed by atoms with Crippen molar-refractivity contribution >= 4 is 17.5 Å². The van der Waals surface area contributed by atoms with E-state index in [0.717, 1.165) is 25.9 Å². The maximum Gasteiger partial charge on any atom is 0.418 e. The number of likely N-dealkylation sites (tertiary alicyclic amines) is 1. The molecule has 1 saturated heterocycles. The molecule has 3 rings (SSSR count). The summed E-state index contributed by atoms with van der Waals surface area (Å²) in [6.07, 6.45) is 2.06. The van der Waals surface area contributed by atoms with Crippen LogP contribution in [-0.4, -0.2) is 40.6 Å². The first kappa shape index (κ1) is 13.9. The van der Waals surface area contributed by atoms with Crippen LogP contribution in [0.5, 0.6) is 6.08 Å². The summed E-state index contributed by atoms with van der Waals surface area (Å²) in [4.78, 5) is 17.7. The second-order valence-electron chi connectivity index (χ2n) is 4.74. The number of nitrogens with zero attached hydrogens (tertiary/aromatic N) is 3. The molecule has 21 heavy (non-hydrogen) atoms.